The van der Waals surface area contributed by atoms with Crippen molar-refractivity contribution < 1.29 is 22.7 Å². The molecule has 0 spiro atoms. The fourth-order valence-corrected chi connectivity index (χ4v) is 3.45. The van der Waals surface area contributed by atoms with Crippen molar-refractivity contribution in [3.63, 3.8) is 0 Å². The summed E-state index contributed by atoms with van der Waals surface area (Å²) in [5.41, 5.74) is 0.777. The molecule has 1 heterocycles. The van der Waals surface area contributed by atoms with Crippen LogP contribution in [0.1, 0.15) is 31.1 Å². The van der Waals surface area contributed by atoms with Crippen LogP contribution in [-0.4, -0.2) is 75.1 Å². The Morgan fingerprint density at radius 1 is 1.38 bits per heavy atom. The van der Waals surface area contributed by atoms with Gasteiger partial charge in [-0.25, -0.2) is 17.5 Å². The summed E-state index contributed by atoms with van der Waals surface area (Å²) in [4.78, 5) is 26.4. The third-order valence-electron chi connectivity index (χ3n) is 4.71. The van der Waals surface area contributed by atoms with E-state index in [9.17, 15) is 18.0 Å². The van der Waals surface area contributed by atoms with E-state index in [1.807, 2.05) is 20.8 Å². The fourth-order valence-electron chi connectivity index (χ4n) is 3.03. The summed E-state index contributed by atoms with van der Waals surface area (Å²) in [5, 5.41) is 5.43. The molecule has 9 nitrogen and oxygen atoms in total. The molecule has 0 fully saturated rings. The van der Waals surface area contributed by atoms with Gasteiger partial charge in [-0.1, -0.05) is 6.92 Å². The van der Waals surface area contributed by atoms with Crippen molar-refractivity contribution in [2.24, 2.45) is 5.92 Å². The Bertz CT molecular complexity index is 871. The summed E-state index contributed by atoms with van der Waals surface area (Å²) < 4.78 is 30.9. The van der Waals surface area contributed by atoms with Gasteiger partial charge in [0.15, 0.2) is 0 Å². The molecule has 1 aromatic carbocycles. The van der Waals surface area contributed by atoms with Crippen molar-refractivity contribution in [3.8, 4) is 5.75 Å². The van der Waals surface area contributed by atoms with Gasteiger partial charge in [0.1, 0.15) is 11.9 Å². The van der Waals surface area contributed by atoms with Crippen molar-refractivity contribution in [2.45, 2.75) is 32.9 Å². The van der Waals surface area contributed by atoms with Crippen LogP contribution in [0.15, 0.2) is 18.2 Å². The van der Waals surface area contributed by atoms with Gasteiger partial charge < -0.3 is 20.3 Å². The second-order valence-electron chi connectivity index (χ2n) is 7.83. The zero-order valence-corrected chi connectivity index (χ0v) is 18.5. The highest BCUT2D eigenvalue weighted by molar-refractivity contribution is 7.88. The normalized spacial score (nSPS) is 20.0. The lowest BCUT2D eigenvalue weighted by Crippen LogP contribution is -2.46. The van der Waals surface area contributed by atoms with E-state index in [-0.39, 0.29) is 30.4 Å². The molecule has 162 valence electrons. The van der Waals surface area contributed by atoms with Crippen molar-refractivity contribution >= 4 is 27.6 Å². The van der Waals surface area contributed by atoms with Gasteiger partial charge in [-0.3, -0.25) is 4.79 Å². The number of carbonyl (C=O) groups excluding carboxylic acids is 2. The average Bonchev–Trinajstić information content (AvgIpc) is 2.59. The highest BCUT2D eigenvalue weighted by atomic mass is 32.2. The molecule has 2 N–H and O–H groups in total. The summed E-state index contributed by atoms with van der Waals surface area (Å²) in [6, 6.07) is 4.45. The van der Waals surface area contributed by atoms with E-state index in [1.54, 1.807) is 30.1 Å². The lowest BCUT2D eigenvalue weighted by molar-refractivity contribution is 0.0605. The van der Waals surface area contributed by atoms with E-state index in [1.165, 1.54) is 11.4 Å². The highest BCUT2D eigenvalue weighted by Gasteiger charge is 2.31. The van der Waals surface area contributed by atoms with E-state index < -0.39 is 16.1 Å². The van der Waals surface area contributed by atoms with E-state index in [0.717, 1.165) is 6.26 Å². The maximum absolute atomic E-state index is 12.9. The van der Waals surface area contributed by atoms with Crippen LogP contribution in [0.5, 0.6) is 5.75 Å². The number of amides is 3. The lowest BCUT2D eigenvalue weighted by Gasteiger charge is -2.34. The van der Waals surface area contributed by atoms with E-state index >= 15 is 0 Å². The minimum atomic E-state index is -3.36. The number of ether oxygens (including phenoxy) is 1. The van der Waals surface area contributed by atoms with E-state index in [2.05, 4.69) is 10.6 Å². The Morgan fingerprint density at radius 2 is 2.03 bits per heavy atom. The first-order valence-electron chi connectivity index (χ1n) is 9.43. The molecule has 0 bridgehead atoms. The van der Waals surface area contributed by atoms with Gasteiger partial charge in [0.2, 0.25) is 10.0 Å². The summed E-state index contributed by atoms with van der Waals surface area (Å²) >= 11 is 0. The van der Waals surface area contributed by atoms with Crippen molar-refractivity contribution in [1.29, 1.82) is 0 Å². The van der Waals surface area contributed by atoms with Gasteiger partial charge in [0, 0.05) is 38.3 Å². The lowest BCUT2D eigenvalue weighted by atomic mass is 10.0. The third kappa shape index (κ3) is 6.07. The minimum Gasteiger partial charge on any atom is -0.488 e. The van der Waals surface area contributed by atoms with Crippen LogP contribution in [0.2, 0.25) is 0 Å². The molecule has 1 aliphatic rings. The Morgan fingerprint density at radius 3 is 2.62 bits per heavy atom. The molecule has 0 aromatic heterocycles. The second kappa shape index (κ2) is 9.00. The first-order chi connectivity index (χ1) is 13.4. The largest absolute Gasteiger partial charge is 0.488 e. The highest BCUT2D eigenvalue weighted by Crippen LogP contribution is 2.29. The number of rotatable bonds is 5. The monoisotopic (exact) mass is 426 g/mol. The summed E-state index contributed by atoms with van der Waals surface area (Å²) in [6.45, 7) is 6.19. The summed E-state index contributed by atoms with van der Waals surface area (Å²) in [5.74, 6) is 0.0423. The number of urea groups is 1. The number of anilines is 1. The first kappa shape index (κ1) is 23.0. The maximum Gasteiger partial charge on any atom is 0.319 e. The smallest absolute Gasteiger partial charge is 0.319 e. The van der Waals surface area contributed by atoms with E-state index in [4.69, 9.17) is 4.74 Å². The van der Waals surface area contributed by atoms with Crippen LogP contribution >= 0.6 is 0 Å². The standard InChI is InChI=1S/C19H30N4O5S/c1-12(2)20-19(25)21-14-7-8-16-15(9-14)18(24)22(4)10-13(3)17(28-16)11-23(5)29(6,26)27/h7-9,12-13,17H,10-11H2,1-6H3,(H2,20,21,25)/t13-,17+/m0/s1. The molecular formula is C19H30N4O5S. The molecule has 0 radical (unpaired) electrons. The molecule has 29 heavy (non-hydrogen) atoms. The number of hydrogen-bond acceptors (Lipinski definition) is 5. The average molecular weight is 427 g/mol. The van der Waals surface area contributed by atoms with Crippen molar-refractivity contribution in [1.82, 2.24) is 14.5 Å². The zero-order valence-electron chi connectivity index (χ0n) is 17.7. The van der Waals surface area contributed by atoms with Crippen molar-refractivity contribution in [3.05, 3.63) is 23.8 Å². The SMILES string of the molecule is CC(C)NC(=O)Nc1ccc2c(c1)C(=O)N(C)C[C@H](C)[C@@H](CN(C)S(C)(=O)=O)O2. The Kier molecular flexibility index (Phi) is 7.12. The molecule has 2 rings (SSSR count). The first-order valence-corrected chi connectivity index (χ1v) is 11.3. The predicted octanol–water partition coefficient (Wildman–Crippen LogP) is 1.58. The van der Waals surface area contributed by atoms with Crippen LogP contribution in [-0.2, 0) is 10.0 Å². The molecule has 10 heteroatoms. The van der Waals surface area contributed by atoms with Gasteiger partial charge in [-0.05, 0) is 32.0 Å². The number of likely N-dealkylation sites (N-methyl/N-ethyl adjacent to an activating group) is 1. The number of nitrogens with one attached hydrogen (secondary N) is 2. The van der Waals surface area contributed by atoms with Crippen LogP contribution in [0.4, 0.5) is 10.5 Å². The number of hydrogen-bond donors (Lipinski definition) is 2. The molecule has 0 saturated carbocycles. The van der Waals surface area contributed by atoms with Gasteiger partial charge in [-0.2, -0.15) is 0 Å². The Hall–Kier alpha value is -2.33. The van der Waals surface area contributed by atoms with Gasteiger partial charge in [-0.15, -0.1) is 0 Å². The molecule has 0 aliphatic carbocycles. The molecule has 1 aliphatic heterocycles. The molecular weight excluding hydrogens is 396 g/mol. The number of fused-ring (bicyclic) bond motifs is 1. The molecule has 2 atom stereocenters. The summed E-state index contributed by atoms with van der Waals surface area (Å²) in [6.07, 6.45) is 0.705. The Balaban J connectivity index is 2.32. The number of sulfonamides is 1. The van der Waals surface area contributed by atoms with Gasteiger partial charge >= 0.3 is 6.03 Å². The molecule has 3 amide bonds. The van der Waals surface area contributed by atoms with Crippen molar-refractivity contribution in [2.75, 3.05) is 38.8 Å². The van der Waals surface area contributed by atoms with Crippen LogP contribution in [0.3, 0.4) is 0 Å². The summed E-state index contributed by atoms with van der Waals surface area (Å²) in [7, 11) is -0.169. The van der Waals surface area contributed by atoms with E-state index in [0.29, 0.717) is 23.5 Å². The maximum atomic E-state index is 12.9. The Labute approximate surface area is 172 Å². The fraction of sp³-hybridized carbons (Fsp3) is 0.579. The topological polar surface area (TPSA) is 108 Å². The van der Waals surface area contributed by atoms with Crippen LogP contribution in [0.25, 0.3) is 0 Å². The zero-order chi connectivity index (χ0) is 21.9. The molecule has 0 saturated heterocycles. The minimum absolute atomic E-state index is 0.0236. The van der Waals surface area contributed by atoms with Crippen LogP contribution in [0, 0.1) is 5.92 Å². The number of carbonyl (C=O) groups is 2. The predicted molar refractivity (Wildman–Crippen MR) is 112 cm³/mol. The third-order valence-corrected chi connectivity index (χ3v) is 5.99. The van der Waals surface area contributed by atoms with Gasteiger partial charge in [0.25, 0.3) is 5.91 Å². The molecule has 1 aromatic rings. The van der Waals surface area contributed by atoms with Gasteiger partial charge in [0.05, 0.1) is 18.4 Å². The molecule has 0 unspecified atom stereocenters. The quantitative estimate of drug-likeness (QED) is 0.743. The second-order valence-corrected chi connectivity index (χ2v) is 9.92. The van der Waals surface area contributed by atoms with Crippen LogP contribution < -0.4 is 15.4 Å². The number of nitrogens with zero attached hydrogens (tertiary/aromatic N) is 2. The number of benzene rings is 1.